The smallest absolute Gasteiger partial charge is 0.232 e. The van der Waals surface area contributed by atoms with Crippen molar-refractivity contribution in [1.29, 1.82) is 0 Å². The quantitative estimate of drug-likeness (QED) is 0.718. The van der Waals surface area contributed by atoms with Gasteiger partial charge >= 0.3 is 0 Å². The van der Waals surface area contributed by atoms with E-state index in [1.54, 1.807) is 11.8 Å². The molecule has 0 aromatic rings. The molecule has 1 amide bonds. The van der Waals surface area contributed by atoms with Gasteiger partial charge in [-0.3, -0.25) is 9.69 Å². The van der Waals surface area contributed by atoms with Gasteiger partial charge in [-0.25, -0.2) is 0 Å². The molecule has 2 N–H and O–H groups in total. The monoisotopic (exact) mass is 259 g/mol. The number of hydrogen-bond donors (Lipinski definition) is 1. The molecule has 2 aliphatic rings. The fourth-order valence-corrected chi connectivity index (χ4v) is 3.11. The van der Waals surface area contributed by atoms with Gasteiger partial charge in [0.15, 0.2) is 0 Å². The highest BCUT2D eigenvalue weighted by molar-refractivity contribution is 8.00. The van der Waals surface area contributed by atoms with E-state index in [4.69, 9.17) is 10.5 Å². The second-order valence-electron chi connectivity index (χ2n) is 4.46. The van der Waals surface area contributed by atoms with E-state index in [9.17, 15) is 4.79 Å². The zero-order valence-corrected chi connectivity index (χ0v) is 11.0. The molecular weight excluding hydrogens is 238 g/mol. The van der Waals surface area contributed by atoms with Crippen LogP contribution in [0.3, 0.4) is 0 Å². The largest absolute Gasteiger partial charge is 0.379 e. The van der Waals surface area contributed by atoms with Crippen molar-refractivity contribution in [3.8, 4) is 0 Å². The van der Waals surface area contributed by atoms with Crippen LogP contribution in [-0.4, -0.2) is 79.2 Å². The van der Waals surface area contributed by atoms with Gasteiger partial charge in [-0.15, -0.1) is 11.8 Å². The number of nitrogens with two attached hydrogens (primary N) is 1. The fourth-order valence-electron chi connectivity index (χ4n) is 2.13. The molecule has 5 nitrogen and oxygen atoms in total. The third-order valence-corrected chi connectivity index (χ3v) is 4.50. The molecule has 0 aromatic heterocycles. The number of rotatable bonds is 4. The van der Waals surface area contributed by atoms with Gasteiger partial charge in [0, 0.05) is 44.5 Å². The Morgan fingerprint density at radius 3 is 2.82 bits per heavy atom. The van der Waals surface area contributed by atoms with Crippen molar-refractivity contribution < 1.29 is 9.53 Å². The highest BCUT2D eigenvalue weighted by Gasteiger charge is 2.25. The molecule has 0 aromatic carbocycles. The Hall–Kier alpha value is -0.300. The van der Waals surface area contributed by atoms with Crippen LogP contribution >= 0.6 is 11.8 Å². The normalized spacial score (nSPS) is 27.5. The topological polar surface area (TPSA) is 58.8 Å². The Bertz CT molecular complexity index is 259. The third kappa shape index (κ3) is 3.84. The summed E-state index contributed by atoms with van der Waals surface area (Å²) in [5.41, 5.74) is 5.66. The van der Waals surface area contributed by atoms with E-state index >= 15 is 0 Å². The average Bonchev–Trinajstić information content (AvgIpc) is 2.39. The number of amides is 1. The van der Waals surface area contributed by atoms with Crippen molar-refractivity contribution in [2.24, 2.45) is 5.73 Å². The van der Waals surface area contributed by atoms with E-state index in [2.05, 4.69) is 4.90 Å². The number of nitrogens with zero attached hydrogens (tertiary/aromatic N) is 2. The Morgan fingerprint density at radius 2 is 2.12 bits per heavy atom. The Labute approximate surface area is 107 Å². The minimum Gasteiger partial charge on any atom is -0.379 e. The molecule has 98 valence electrons. The second kappa shape index (κ2) is 6.58. The van der Waals surface area contributed by atoms with E-state index in [-0.39, 0.29) is 5.91 Å². The maximum atomic E-state index is 11.7. The van der Waals surface area contributed by atoms with Crippen molar-refractivity contribution in [2.75, 3.05) is 58.2 Å². The number of hydrogen-bond acceptors (Lipinski definition) is 5. The van der Waals surface area contributed by atoms with Crippen molar-refractivity contribution in [1.82, 2.24) is 9.80 Å². The van der Waals surface area contributed by atoms with Crippen LogP contribution in [0, 0.1) is 0 Å². The van der Waals surface area contributed by atoms with E-state index in [0.717, 1.165) is 45.9 Å². The van der Waals surface area contributed by atoms with Gasteiger partial charge in [-0.05, 0) is 0 Å². The summed E-state index contributed by atoms with van der Waals surface area (Å²) in [6.07, 6.45) is 0. The van der Waals surface area contributed by atoms with E-state index < -0.39 is 0 Å². The van der Waals surface area contributed by atoms with Gasteiger partial charge in [-0.2, -0.15) is 0 Å². The predicted molar refractivity (Wildman–Crippen MR) is 69.1 cm³/mol. The molecule has 0 spiro atoms. The lowest BCUT2D eigenvalue weighted by atomic mass is 10.3. The predicted octanol–water partition coefficient (Wildman–Crippen LogP) is -0.779. The summed E-state index contributed by atoms with van der Waals surface area (Å²) < 4.78 is 5.31. The summed E-state index contributed by atoms with van der Waals surface area (Å²) in [4.78, 5) is 16.1. The van der Waals surface area contributed by atoms with Crippen LogP contribution in [0.4, 0.5) is 0 Å². The molecule has 2 fully saturated rings. The molecule has 6 heteroatoms. The van der Waals surface area contributed by atoms with Crippen LogP contribution in [0.25, 0.3) is 0 Å². The number of carbonyl (C=O) groups is 1. The van der Waals surface area contributed by atoms with E-state index in [1.165, 1.54) is 0 Å². The zero-order chi connectivity index (χ0) is 12.1. The zero-order valence-electron chi connectivity index (χ0n) is 10.1. The molecule has 2 rings (SSSR count). The molecule has 0 bridgehead atoms. The molecular formula is C11H21N3O2S. The molecule has 2 aliphatic heterocycles. The van der Waals surface area contributed by atoms with Crippen LogP contribution in [0.5, 0.6) is 0 Å². The van der Waals surface area contributed by atoms with E-state index in [0.29, 0.717) is 17.5 Å². The fraction of sp³-hybridized carbons (Fsp3) is 0.909. The molecule has 0 saturated carbocycles. The first-order valence-electron chi connectivity index (χ1n) is 6.19. The highest BCUT2D eigenvalue weighted by Crippen LogP contribution is 2.18. The van der Waals surface area contributed by atoms with Crippen molar-refractivity contribution in [2.45, 2.75) is 5.25 Å². The van der Waals surface area contributed by atoms with Crippen LogP contribution in [0.1, 0.15) is 0 Å². The molecule has 1 unspecified atom stereocenters. The number of thioether (sulfide) groups is 1. The summed E-state index contributed by atoms with van der Waals surface area (Å²) in [5, 5.41) is 0.414. The summed E-state index contributed by atoms with van der Waals surface area (Å²) in [6, 6.07) is 0. The first-order chi connectivity index (χ1) is 8.29. The van der Waals surface area contributed by atoms with Gasteiger partial charge in [0.05, 0.1) is 19.0 Å². The third-order valence-electron chi connectivity index (χ3n) is 3.27. The number of carbonyl (C=O) groups excluding carboxylic acids is 1. The van der Waals surface area contributed by atoms with Crippen LogP contribution in [0.15, 0.2) is 0 Å². The van der Waals surface area contributed by atoms with Crippen molar-refractivity contribution >= 4 is 17.7 Å². The van der Waals surface area contributed by atoms with E-state index in [1.807, 2.05) is 4.90 Å². The SMILES string of the molecule is NCC1CN(CCN2CCOCC2)C(=O)CS1. The van der Waals surface area contributed by atoms with Gasteiger partial charge in [0.1, 0.15) is 0 Å². The van der Waals surface area contributed by atoms with Crippen LogP contribution < -0.4 is 5.73 Å². The van der Waals surface area contributed by atoms with Crippen molar-refractivity contribution in [3.05, 3.63) is 0 Å². The lowest BCUT2D eigenvalue weighted by molar-refractivity contribution is -0.129. The highest BCUT2D eigenvalue weighted by atomic mass is 32.2. The summed E-state index contributed by atoms with van der Waals surface area (Å²) in [5.74, 6) is 0.846. The molecule has 2 heterocycles. The maximum absolute atomic E-state index is 11.7. The average molecular weight is 259 g/mol. The molecule has 0 aliphatic carbocycles. The van der Waals surface area contributed by atoms with Gasteiger partial charge in [0.2, 0.25) is 5.91 Å². The standard InChI is InChI=1S/C11H21N3O2S/c12-7-10-8-14(11(15)9-17-10)2-1-13-3-5-16-6-4-13/h10H,1-9,12H2. The maximum Gasteiger partial charge on any atom is 0.232 e. The Kier molecular flexibility index (Phi) is 5.09. The summed E-state index contributed by atoms with van der Waals surface area (Å²) >= 11 is 1.69. The van der Waals surface area contributed by atoms with Gasteiger partial charge < -0.3 is 15.4 Å². The summed E-state index contributed by atoms with van der Waals surface area (Å²) in [7, 11) is 0. The van der Waals surface area contributed by atoms with Crippen molar-refractivity contribution in [3.63, 3.8) is 0 Å². The molecule has 17 heavy (non-hydrogen) atoms. The molecule has 0 radical (unpaired) electrons. The number of morpholine rings is 1. The Morgan fingerprint density at radius 1 is 1.35 bits per heavy atom. The minimum atomic E-state index is 0.257. The van der Waals surface area contributed by atoms with Gasteiger partial charge in [0.25, 0.3) is 0 Å². The first kappa shape index (κ1) is 13.1. The summed E-state index contributed by atoms with van der Waals surface area (Å²) in [6.45, 7) is 6.85. The molecule has 1 atom stereocenters. The van der Waals surface area contributed by atoms with Crippen LogP contribution in [-0.2, 0) is 9.53 Å². The van der Waals surface area contributed by atoms with Crippen LogP contribution in [0.2, 0.25) is 0 Å². The van der Waals surface area contributed by atoms with Gasteiger partial charge in [-0.1, -0.05) is 0 Å². The molecule has 2 saturated heterocycles. The Balaban J connectivity index is 1.74. The lowest BCUT2D eigenvalue weighted by Gasteiger charge is -2.34. The minimum absolute atomic E-state index is 0.257. The first-order valence-corrected chi connectivity index (χ1v) is 7.24. The number of ether oxygens (including phenoxy) is 1. The lowest BCUT2D eigenvalue weighted by Crippen LogP contribution is -2.48. The second-order valence-corrected chi connectivity index (χ2v) is 5.75.